The number of ether oxygens (including phenoxy) is 3. The molecule has 2 heterocycles. The molecule has 4 heteroatoms. The first-order chi connectivity index (χ1) is 11.0. The van der Waals surface area contributed by atoms with E-state index in [2.05, 4.69) is 45.1 Å². The second kappa shape index (κ2) is 7.10. The molecule has 0 radical (unpaired) electrons. The van der Waals surface area contributed by atoms with E-state index < -0.39 is 0 Å². The average molecular weight is 319 g/mol. The van der Waals surface area contributed by atoms with Gasteiger partial charge in [0.15, 0.2) is 11.5 Å². The maximum Gasteiger partial charge on any atom is 0.231 e. The molecule has 23 heavy (non-hydrogen) atoms. The summed E-state index contributed by atoms with van der Waals surface area (Å²) in [7, 11) is 0. The van der Waals surface area contributed by atoms with Gasteiger partial charge in [-0.25, -0.2) is 0 Å². The van der Waals surface area contributed by atoms with Crippen LogP contribution in [0.4, 0.5) is 0 Å². The summed E-state index contributed by atoms with van der Waals surface area (Å²) in [6.45, 7) is 10.2. The molecular weight excluding hydrogens is 290 g/mol. The smallest absolute Gasteiger partial charge is 0.231 e. The van der Waals surface area contributed by atoms with Gasteiger partial charge in [-0.3, -0.25) is 0 Å². The summed E-state index contributed by atoms with van der Waals surface area (Å²) >= 11 is 0. The van der Waals surface area contributed by atoms with Crippen LogP contribution in [-0.4, -0.2) is 25.0 Å². The predicted octanol–water partition coefficient (Wildman–Crippen LogP) is 3.73. The van der Waals surface area contributed by atoms with Crippen molar-refractivity contribution in [2.75, 3.05) is 6.79 Å². The van der Waals surface area contributed by atoms with Crippen molar-refractivity contribution < 1.29 is 14.2 Å². The zero-order chi connectivity index (χ0) is 16.4. The van der Waals surface area contributed by atoms with E-state index in [4.69, 9.17) is 14.2 Å². The van der Waals surface area contributed by atoms with Crippen molar-refractivity contribution in [3.63, 3.8) is 0 Å². The molecule has 3 rings (SSSR count). The molecule has 0 bridgehead atoms. The second-order valence-corrected chi connectivity index (χ2v) is 7.44. The number of hydrogen-bond donors (Lipinski definition) is 1. The highest BCUT2D eigenvalue weighted by molar-refractivity contribution is 5.44. The van der Waals surface area contributed by atoms with Crippen molar-refractivity contribution in [3.8, 4) is 11.5 Å². The van der Waals surface area contributed by atoms with Crippen LogP contribution in [0.25, 0.3) is 0 Å². The zero-order valence-electron chi connectivity index (χ0n) is 14.7. The Hall–Kier alpha value is -1.26. The van der Waals surface area contributed by atoms with Gasteiger partial charge >= 0.3 is 0 Å². The van der Waals surface area contributed by atoms with Gasteiger partial charge in [-0.1, -0.05) is 33.8 Å². The molecular formula is C19H29NO3. The van der Waals surface area contributed by atoms with E-state index in [-0.39, 0.29) is 0 Å². The highest BCUT2D eigenvalue weighted by Gasteiger charge is 2.32. The van der Waals surface area contributed by atoms with Gasteiger partial charge in [0.05, 0.1) is 12.2 Å². The molecule has 4 nitrogen and oxygen atoms in total. The summed E-state index contributed by atoms with van der Waals surface area (Å²) in [4.78, 5) is 0. The lowest BCUT2D eigenvalue weighted by molar-refractivity contribution is -0.0995. The summed E-state index contributed by atoms with van der Waals surface area (Å²) < 4.78 is 17.1. The SMILES string of the molecule is CC(C)[C@@H]1CC(NCc2ccc3c(c2)OCO3)C[C@H](C(C)C)O1. The van der Waals surface area contributed by atoms with E-state index in [1.165, 1.54) is 5.56 Å². The van der Waals surface area contributed by atoms with E-state index in [1.54, 1.807) is 0 Å². The van der Waals surface area contributed by atoms with Gasteiger partial charge in [0.1, 0.15) is 0 Å². The fourth-order valence-electron chi connectivity index (χ4n) is 3.33. The Morgan fingerprint density at radius 3 is 2.30 bits per heavy atom. The molecule has 1 unspecified atom stereocenters. The molecule has 1 aromatic rings. The first-order valence-corrected chi connectivity index (χ1v) is 8.80. The Morgan fingerprint density at radius 1 is 1.00 bits per heavy atom. The van der Waals surface area contributed by atoms with Crippen LogP contribution >= 0.6 is 0 Å². The van der Waals surface area contributed by atoms with Crippen molar-refractivity contribution in [3.05, 3.63) is 23.8 Å². The van der Waals surface area contributed by atoms with Crippen LogP contribution in [0.15, 0.2) is 18.2 Å². The van der Waals surface area contributed by atoms with E-state index in [0.29, 0.717) is 36.9 Å². The Kier molecular flexibility index (Phi) is 5.12. The van der Waals surface area contributed by atoms with Crippen LogP contribution in [-0.2, 0) is 11.3 Å². The van der Waals surface area contributed by atoms with Crippen molar-refractivity contribution in [2.45, 2.75) is 65.3 Å². The maximum absolute atomic E-state index is 6.28. The van der Waals surface area contributed by atoms with Crippen LogP contribution < -0.4 is 14.8 Å². The summed E-state index contributed by atoms with van der Waals surface area (Å²) in [5.74, 6) is 2.83. The van der Waals surface area contributed by atoms with Crippen LogP contribution in [0.1, 0.15) is 46.1 Å². The fraction of sp³-hybridized carbons (Fsp3) is 0.684. The minimum atomic E-state index is 0.332. The van der Waals surface area contributed by atoms with Crippen LogP contribution in [0.2, 0.25) is 0 Å². The molecule has 0 aliphatic carbocycles. The summed E-state index contributed by atoms with van der Waals surface area (Å²) in [6.07, 6.45) is 2.88. The Bertz CT molecular complexity index is 513. The fourth-order valence-corrected chi connectivity index (χ4v) is 3.33. The van der Waals surface area contributed by atoms with E-state index >= 15 is 0 Å². The molecule has 128 valence electrons. The molecule has 3 atom stereocenters. The maximum atomic E-state index is 6.28. The van der Waals surface area contributed by atoms with Crippen molar-refractivity contribution in [1.29, 1.82) is 0 Å². The summed E-state index contributed by atoms with van der Waals surface area (Å²) in [5.41, 5.74) is 1.24. The Balaban J connectivity index is 1.60. The lowest BCUT2D eigenvalue weighted by Crippen LogP contribution is -2.46. The topological polar surface area (TPSA) is 39.7 Å². The molecule has 1 N–H and O–H groups in total. The molecule has 0 aromatic heterocycles. The number of fused-ring (bicyclic) bond motifs is 1. The molecule has 1 saturated heterocycles. The second-order valence-electron chi connectivity index (χ2n) is 7.44. The number of rotatable bonds is 5. The average Bonchev–Trinajstić information content (AvgIpc) is 3.00. The molecule has 1 fully saturated rings. The number of benzene rings is 1. The number of hydrogen-bond acceptors (Lipinski definition) is 4. The third-order valence-corrected chi connectivity index (χ3v) is 4.90. The van der Waals surface area contributed by atoms with Crippen molar-refractivity contribution in [1.82, 2.24) is 5.32 Å². The van der Waals surface area contributed by atoms with Gasteiger partial charge in [-0.05, 0) is 42.4 Å². The minimum absolute atomic E-state index is 0.332. The Morgan fingerprint density at radius 2 is 1.65 bits per heavy atom. The molecule has 2 aliphatic heterocycles. The van der Waals surface area contributed by atoms with Crippen molar-refractivity contribution >= 4 is 0 Å². The standard InChI is InChI=1S/C19H29NO3/c1-12(2)17-8-15(9-18(23-17)13(3)4)20-10-14-5-6-16-19(7-14)22-11-21-16/h5-7,12-13,15,17-18,20H,8-11H2,1-4H3/t15?,17-,18+. The number of nitrogens with one attached hydrogen (secondary N) is 1. The molecule has 2 aliphatic rings. The highest BCUT2D eigenvalue weighted by atomic mass is 16.7. The normalized spacial score (nSPS) is 27.0. The van der Waals surface area contributed by atoms with Gasteiger partial charge in [-0.2, -0.15) is 0 Å². The minimum Gasteiger partial charge on any atom is -0.454 e. The molecule has 0 saturated carbocycles. The third kappa shape index (κ3) is 3.99. The third-order valence-electron chi connectivity index (χ3n) is 4.90. The molecule has 0 amide bonds. The first-order valence-electron chi connectivity index (χ1n) is 8.80. The zero-order valence-corrected chi connectivity index (χ0v) is 14.7. The Labute approximate surface area is 139 Å². The van der Waals surface area contributed by atoms with E-state index in [0.717, 1.165) is 30.9 Å². The lowest BCUT2D eigenvalue weighted by atomic mass is 9.88. The van der Waals surface area contributed by atoms with Gasteiger partial charge in [0.25, 0.3) is 0 Å². The van der Waals surface area contributed by atoms with Gasteiger partial charge in [-0.15, -0.1) is 0 Å². The van der Waals surface area contributed by atoms with E-state index in [9.17, 15) is 0 Å². The first kappa shape index (κ1) is 16.6. The highest BCUT2D eigenvalue weighted by Crippen LogP contribution is 2.33. The van der Waals surface area contributed by atoms with Crippen molar-refractivity contribution in [2.24, 2.45) is 11.8 Å². The lowest BCUT2D eigenvalue weighted by Gasteiger charge is -2.39. The monoisotopic (exact) mass is 319 g/mol. The van der Waals surface area contributed by atoms with Crippen LogP contribution in [0, 0.1) is 11.8 Å². The van der Waals surface area contributed by atoms with Gasteiger partial charge in [0.2, 0.25) is 6.79 Å². The van der Waals surface area contributed by atoms with Gasteiger partial charge < -0.3 is 19.5 Å². The largest absolute Gasteiger partial charge is 0.454 e. The summed E-state index contributed by atoms with van der Waals surface area (Å²) in [6, 6.07) is 6.69. The van der Waals surface area contributed by atoms with Crippen LogP contribution in [0.3, 0.4) is 0 Å². The van der Waals surface area contributed by atoms with Crippen LogP contribution in [0.5, 0.6) is 11.5 Å². The van der Waals surface area contributed by atoms with Gasteiger partial charge in [0, 0.05) is 12.6 Å². The molecule has 0 spiro atoms. The summed E-state index contributed by atoms with van der Waals surface area (Å²) in [5, 5.41) is 3.72. The predicted molar refractivity (Wildman–Crippen MR) is 90.8 cm³/mol. The molecule has 1 aromatic carbocycles. The van der Waals surface area contributed by atoms with E-state index in [1.807, 2.05) is 6.07 Å². The quantitative estimate of drug-likeness (QED) is 0.897.